The molecule has 1 nitrogen and oxygen atoms in total. The van der Waals surface area contributed by atoms with E-state index in [2.05, 4.69) is 88.4 Å². The molecule has 3 rings (SSSR count). The van der Waals surface area contributed by atoms with Crippen LogP contribution in [0.3, 0.4) is 0 Å². The molecular formula is C28H35FO. The number of ketones is 1. The van der Waals surface area contributed by atoms with Gasteiger partial charge in [0.25, 0.3) is 0 Å². The van der Waals surface area contributed by atoms with E-state index in [4.69, 9.17) is 0 Å². The van der Waals surface area contributed by atoms with Gasteiger partial charge in [0.15, 0.2) is 11.5 Å². The van der Waals surface area contributed by atoms with Crippen molar-refractivity contribution in [2.75, 3.05) is 0 Å². The van der Waals surface area contributed by atoms with Crippen molar-refractivity contribution in [3.8, 4) is 0 Å². The monoisotopic (exact) mass is 406 g/mol. The number of carbonyl (C=O) groups is 1. The first-order valence-corrected chi connectivity index (χ1v) is 11.1. The minimum absolute atomic E-state index is 0.164. The molecule has 0 bridgehead atoms. The number of allylic oxidation sites excluding steroid dienone is 1. The summed E-state index contributed by atoms with van der Waals surface area (Å²) in [4.78, 5) is 11.5. The maximum absolute atomic E-state index is 14.5. The average molecular weight is 407 g/mol. The molecule has 30 heavy (non-hydrogen) atoms. The lowest BCUT2D eigenvalue weighted by molar-refractivity contribution is -0.128. The molecule has 1 fully saturated rings. The van der Waals surface area contributed by atoms with Crippen molar-refractivity contribution in [3.05, 3.63) is 76.9 Å². The maximum Gasteiger partial charge on any atom is 0.169 e. The minimum atomic E-state index is -1.70. The van der Waals surface area contributed by atoms with E-state index in [1.807, 2.05) is 0 Å². The van der Waals surface area contributed by atoms with Gasteiger partial charge in [-0.1, -0.05) is 88.4 Å². The highest BCUT2D eigenvalue weighted by Crippen LogP contribution is 2.55. The Bertz CT molecular complexity index is 897. The number of benzene rings is 2. The Hall–Kier alpha value is -2.22. The fourth-order valence-electron chi connectivity index (χ4n) is 4.13. The lowest BCUT2D eigenvalue weighted by Crippen LogP contribution is -2.30. The Kier molecular flexibility index (Phi) is 6.36. The first-order chi connectivity index (χ1) is 14.0. The second-order valence-corrected chi connectivity index (χ2v) is 10.2. The average Bonchev–Trinajstić information content (AvgIpc) is 3.48. The predicted molar refractivity (Wildman–Crippen MR) is 125 cm³/mol. The molecule has 2 aromatic rings. The van der Waals surface area contributed by atoms with Gasteiger partial charge in [-0.05, 0) is 66.2 Å². The van der Waals surface area contributed by atoms with E-state index < -0.39 is 5.67 Å². The SMILES string of the molecule is CC(=O)C(C)(F)C1CC1c1ccc(/C=C/C(C)Cc2ccc(C(C)(C)C)cc2)cc1. The van der Waals surface area contributed by atoms with Gasteiger partial charge in [0.2, 0.25) is 0 Å². The number of Topliss-reactive ketones (excluding diaryl/α,β-unsaturated/α-hetero) is 1. The molecule has 0 N–H and O–H groups in total. The number of carbonyl (C=O) groups excluding carboxylic acids is 1. The predicted octanol–water partition coefficient (Wildman–Crippen LogP) is 7.30. The second-order valence-electron chi connectivity index (χ2n) is 10.2. The van der Waals surface area contributed by atoms with E-state index in [0.29, 0.717) is 5.92 Å². The number of halogens is 1. The molecule has 1 aliphatic carbocycles. The Labute approximate surface area is 181 Å². The van der Waals surface area contributed by atoms with Gasteiger partial charge in [0, 0.05) is 5.92 Å². The Balaban J connectivity index is 1.56. The third-order valence-electron chi connectivity index (χ3n) is 6.53. The summed E-state index contributed by atoms with van der Waals surface area (Å²) in [6, 6.07) is 17.3. The zero-order valence-electron chi connectivity index (χ0n) is 19.2. The van der Waals surface area contributed by atoms with Crippen LogP contribution in [0.1, 0.15) is 76.1 Å². The fraction of sp³-hybridized carbons (Fsp3) is 0.464. The highest BCUT2D eigenvalue weighted by atomic mass is 19.1. The van der Waals surface area contributed by atoms with Gasteiger partial charge < -0.3 is 0 Å². The molecule has 0 saturated heterocycles. The summed E-state index contributed by atoms with van der Waals surface area (Å²) in [5.41, 5.74) is 3.49. The second kappa shape index (κ2) is 8.49. The van der Waals surface area contributed by atoms with Crippen molar-refractivity contribution in [2.24, 2.45) is 11.8 Å². The van der Waals surface area contributed by atoms with Gasteiger partial charge in [0.1, 0.15) is 0 Å². The first-order valence-electron chi connectivity index (χ1n) is 11.1. The van der Waals surface area contributed by atoms with Gasteiger partial charge in [-0.15, -0.1) is 0 Å². The van der Waals surface area contributed by atoms with Crippen molar-refractivity contribution < 1.29 is 9.18 Å². The van der Waals surface area contributed by atoms with E-state index in [0.717, 1.165) is 24.0 Å². The molecule has 0 aromatic heterocycles. The summed E-state index contributed by atoms with van der Waals surface area (Å²) in [6.07, 6.45) is 6.19. The summed E-state index contributed by atoms with van der Waals surface area (Å²) in [6.45, 7) is 11.7. The highest BCUT2D eigenvalue weighted by Gasteiger charge is 2.53. The van der Waals surface area contributed by atoms with Crippen LogP contribution in [-0.4, -0.2) is 11.5 Å². The summed E-state index contributed by atoms with van der Waals surface area (Å²) in [7, 11) is 0. The topological polar surface area (TPSA) is 17.1 Å². The number of rotatable bonds is 7. The summed E-state index contributed by atoms with van der Waals surface area (Å²) >= 11 is 0. The molecule has 0 spiro atoms. The smallest absolute Gasteiger partial charge is 0.169 e. The van der Waals surface area contributed by atoms with Crippen molar-refractivity contribution >= 4 is 11.9 Å². The molecule has 4 unspecified atom stereocenters. The van der Waals surface area contributed by atoms with Crippen molar-refractivity contribution in [1.29, 1.82) is 0 Å². The Morgan fingerprint density at radius 3 is 2.20 bits per heavy atom. The molecule has 4 atom stereocenters. The quantitative estimate of drug-likeness (QED) is 0.471. The van der Waals surface area contributed by atoms with E-state index >= 15 is 0 Å². The van der Waals surface area contributed by atoms with Crippen LogP contribution in [0.15, 0.2) is 54.6 Å². The van der Waals surface area contributed by atoms with Crippen molar-refractivity contribution in [2.45, 2.75) is 71.4 Å². The van der Waals surface area contributed by atoms with Crippen LogP contribution in [0.5, 0.6) is 0 Å². The third-order valence-corrected chi connectivity index (χ3v) is 6.53. The van der Waals surface area contributed by atoms with Crippen molar-refractivity contribution in [3.63, 3.8) is 0 Å². The van der Waals surface area contributed by atoms with Crippen LogP contribution < -0.4 is 0 Å². The van der Waals surface area contributed by atoms with Crippen LogP contribution >= 0.6 is 0 Å². The maximum atomic E-state index is 14.5. The number of alkyl halides is 1. The molecule has 0 amide bonds. The van der Waals surface area contributed by atoms with Gasteiger partial charge in [0.05, 0.1) is 0 Å². The van der Waals surface area contributed by atoms with E-state index in [1.54, 1.807) is 0 Å². The van der Waals surface area contributed by atoms with Crippen LogP contribution in [0.25, 0.3) is 6.08 Å². The van der Waals surface area contributed by atoms with Crippen LogP contribution in [0.4, 0.5) is 4.39 Å². The lowest BCUT2D eigenvalue weighted by atomic mass is 9.86. The van der Waals surface area contributed by atoms with E-state index in [-0.39, 0.29) is 23.0 Å². The zero-order chi connectivity index (χ0) is 22.1. The summed E-state index contributed by atoms with van der Waals surface area (Å²) in [5.74, 6) is 0.0652. The van der Waals surface area contributed by atoms with Gasteiger partial charge in [-0.2, -0.15) is 0 Å². The number of hydrogen-bond donors (Lipinski definition) is 0. The molecule has 0 heterocycles. The molecule has 2 aromatic carbocycles. The molecule has 1 saturated carbocycles. The fourth-order valence-corrected chi connectivity index (χ4v) is 4.13. The lowest BCUT2D eigenvalue weighted by Gasteiger charge is -2.19. The molecule has 2 heteroatoms. The minimum Gasteiger partial charge on any atom is -0.296 e. The van der Waals surface area contributed by atoms with E-state index in [9.17, 15) is 9.18 Å². The van der Waals surface area contributed by atoms with Crippen LogP contribution in [0.2, 0.25) is 0 Å². The molecule has 160 valence electrons. The molecule has 0 radical (unpaired) electrons. The van der Waals surface area contributed by atoms with Gasteiger partial charge in [-0.3, -0.25) is 4.79 Å². The van der Waals surface area contributed by atoms with Crippen molar-refractivity contribution in [1.82, 2.24) is 0 Å². The van der Waals surface area contributed by atoms with Crippen LogP contribution in [0, 0.1) is 11.8 Å². The van der Waals surface area contributed by atoms with Crippen LogP contribution in [-0.2, 0) is 16.6 Å². The van der Waals surface area contributed by atoms with E-state index in [1.165, 1.54) is 25.0 Å². The first kappa shape index (κ1) is 22.5. The Morgan fingerprint density at radius 1 is 1.07 bits per heavy atom. The zero-order valence-corrected chi connectivity index (χ0v) is 19.2. The molecule has 1 aliphatic rings. The summed E-state index contributed by atoms with van der Waals surface area (Å²) in [5, 5.41) is 0. The highest BCUT2D eigenvalue weighted by molar-refractivity contribution is 5.85. The van der Waals surface area contributed by atoms with Gasteiger partial charge >= 0.3 is 0 Å². The Morgan fingerprint density at radius 2 is 1.67 bits per heavy atom. The number of hydrogen-bond acceptors (Lipinski definition) is 1. The third kappa shape index (κ3) is 5.28. The largest absolute Gasteiger partial charge is 0.296 e. The van der Waals surface area contributed by atoms with Gasteiger partial charge in [-0.25, -0.2) is 4.39 Å². The molecule has 0 aliphatic heterocycles. The normalized spacial score (nSPS) is 22.0. The standard InChI is InChI=1S/C28H35FO/c1-19(17-22-11-15-24(16-12-22)27(3,4)5)7-8-21-9-13-23(14-10-21)25-18-26(25)28(6,29)20(2)30/h7-16,19,25-26H,17-18H2,1-6H3/b8-7+. The molecular weight excluding hydrogens is 371 g/mol. The summed E-state index contributed by atoms with van der Waals surface area (Å²) < 4.78 is 14.5.